The van der Waals surface area contributed by atoms with Gasteiger partial charge >= 0.3 is 0 Å². The van der Waals surface area contributed by atoms with Gasteiger partial charge in [0.1, 0.15) is 0 Å². The Kier molecular flexibility index (Phi) is 2.54. The van der Waals surface area contributed by atoms with E-state index in [4.69, 9.17) is 5.73 Å². The summed E-state index contributed by atoms with van der Waals surface area (Å²) in [6.45, 7) is 0.967. The molecule has 3 heteroatoms. The average molecular weight is 182 g/mol. The molecule has 0 aromatic carbocycles. The number of primary amides is 1. The predicted molar refractivity (Wildman–Crippen MR) is 51.1 cm³/mol. The number of nitrogens with one attached hydrogen (secondary N) is 1. The molecule has 3 nitrogen and oxygen atoms in total. The molecule has 0 aromatic rings. The topological polar surface area (TPSA) is 55.1 Å². The Bertz CT molecular complexity index is 203. The van der Waals surface area contributed by atoms with E-state index in [9.17, 15) is 4.79 Å². The van der Waals surface area contributed by atoms with E-state index in [1.54, 1.807) is 0 Å². The Morgan fingerprint density at radius 3 is 2.77 bits per heavy atom. The van der Waals surface area contributed by atoms with Gasteiger partial charge in [0.2, 0.25) is 5.91 Å². The van der Waals surface area contributed by atoms with Crippen LogP contribution in [0, 0.1) is 11.8 Å². The normalized spacial score (nSPS) is 39.5. The van der Waals surface area contributed by atoms with Crippen LogP contribution in [0.1, 0.15) is 32.1 Å². The summed E-state index contributed by atoms with van der Waals surface area (Å²) in [7, 11) is 0. The monoisotopic (exact) mass is 182 g/mol. The molecular formula is C10H18N2O. The quantitative estimate of drug-likeness (QED) is 0.625. The van der Waals surface area contributed by atoms with Gasteiger partial charge in [0.25, 0.3) is 0 Å². The van der Waals surface area contributed by atoms with Gasteiger partial charge in [-0.1, -0.05) is 19.3 Å². The summed E-state index contributed by atoms with van der Waals surface area (Å²) in [5.41, 5.74) is 5.37. The smallest absolute Gasteiger partial charge is 0.234 e. The fourth-order valence-electron chi connectivity index (χ4n) is 2.92. The Labute approximate surface area is 79.1 Å². The van der Waals surface area contributed by atoms with Crippen molar-refractivity contribution in [1.29, 1.82) is 0 Å². The van der Waals surface area contributed by atoms with E-state index in [2.05, 4.69) is 5.32 Å². The first kappa shape index (κ1) is 9.00. The van der Waals surface area contributed by atoms with Gasteiger partial charge in [0.05, 0.1) is 6.04 Å². The highest BCUT2D eigenvalue weighted by Crippen LogP contribution is 2.36. The second-order valence-corrected chi connectivity index (χ2v) is 4.33. The van der Waals surface area contributed by atoms with E-state index in [-0.39, 0.29) is 11.9 Å². The summed E-state index contributed by atoms with van der Waals surface area (Å²) < 4.78 is 0. The van der Waals surface area contributed by atoms with Crippen LogP contribution in [-0.4, -0.2) is 18.5 Å². The number of hydrogen-bond acceptors (Lipinski definition) is 2. The lowest BCUT2D eigenvalue weighted by Gasteiger charge is -2.40. The maximum Gasteiger partial charge on any atom is 0.234 e. The van der Waals surface area contributed by atoms with Crippen molar-refractivity contribution in [3.05, 3.63) is 0 Å². The van der Waals surface area contributed by atoms with E-state index in [0.29, 0.717) is 5.92 Å². The summed E-state index contributed by atoms with van der Waals surface area (Å²) in [5, 5.41) is 3.24. The molecule has 74 valence electrons. The third-order valence-corrected chi connectivity index (χ3v) is 3.58. The molecule has 1 heterocycles. The first-order valence-electron chi connectivity index (χ1n) is 5.32. The van der Waals surface area contributed by atoms with E-state index in [1.807, 2.05) is 0 Å². The van der Waals surface area contributed by atoms with Crippen molar-refractivity contribution in [3.8, 4) is 0 Å². The third-order valence-electron chi connectivity index (χ3n) is 3.58. The van der Waals surface area contributed by atoms with E-state index >= 15 is 0 Å². The lowest BCUT2D eigenvalue weighted by Crippen LogP contribution is -2.53. The molecule has 2 fully saturated rings. The SMILES string of the molecule is NC(=O)C1NCCC2CCCCC21. The van der Waals surface area contributed by atoms with Crippen LogP contribution in [0.3, 0.4) is 0 Å². The Balaban J connectivity index is 2.06. The molecule has 1 amide bonds. The number of nitrogens with two attached hydrogens (primary N) is 1. The second kappa shape index (κ2) is 3.66. The molecule has 0 bridgehead atoms. The lowest BCUT2D eigenvalue weighted by atomic mass is 9.71. The van der Waals surface area contributed by atoms with Gasteiger partial charge in [-0.3, -0.25) is 4.79 Å². The minimum absolute atomic E-state index is 0.0425. The van der Waals surface area contributed by atoms with Crippen LogP contribution in [0.2, 0.25) is 0 Å². The molecule has 13 heavy (non-hydrogen) atoms. The molecule has 3 atom stereocenters. The number of carbonyl (C=O) groups is 1. The summed E-state index contributed by atoms with van der Waals surface area (Å²) in [6, 6.07) is -0.0425. The largest absolute Gasteiger partial charge is 0.368 e. The van der Waals surface area contributed by atoms with Crippen molar-refractivity contribution in [3.63, 3.8) is 0 Å². The van der Waals surface area contributed by atoms with E-state index in [0.717, 1.165) is 12.5 Å². The lowest BCUT2D eigenvalue weighted by molar-refractivity contribution is -0.123. The standard InChI is InChI=1S/C10H18N2O/c11-10(13)9-8-4-2-1-3-7(8)5-6-12-9/h7-9,12H,1-6H2,(H2,11,13). The zero-order valence-corrected chi connectivity index (χ0v) is 7.96. The van der Waals surface area contributed by atoms with Gasteiger partial charge in [-0.2, -0.15) is 0 Å². The van der Waals surface area contributed by atoms with Crippen LogP contribution in [0.4, 0.5) is 0 Å². The van der Waals surface area contributed by atoms with Gasteiger partial charge in [-0.05, 0) is 31.2 Å². The van der Waals surface area contributed by atoms with Crippen LogP contribution >= 0.6 is 0 Å². The number of rotatable bonds is 1. The molecule has 1 saturated heterocycles. The molecule has 0 spiro atoms. The van der Waals surface area contributed by atoms with E-state index < -0.39 is 0 Å². The van der Waals surface area contributed by atoms with Crippen LogP contribution < -0.4 is 11.1 Å². The van der Waals surface area contributed by atoms with Crippen molar-refractivity contribution in [2.75, 3.05) is 6.54 Å². The first-order chi connectivity index (χ1) is 6.29. The Morgan fingerprint density at radius 1 is 1.23 bits per heavy atom. The predicted octanol–water partition coefficient (Wildman–Crippen LogP) is 0.640. The Morgan fingerprint density at radius 2 is 2.00 bits per heavy atom. The van der Waals surface area contributed by atoms with Gasteiger partial charge < -0.3 is 11.1 Å². The summed E-state index contributed by atoms with van der Waals surface area (Å²) in [6.07, 6.45) is 6.33. The van der Waals surface area contributed by atoms with Crippen LogP contribution in [0.5, 0.6) is 0 Å². The number of carbonyl (C=O) groups excluding carboxylic acids is 1. The van der Waals surface area contributed by atoms with Gasteiger partial charge in [0.15, 0.2) is 0 Å². The fraction of sp³-hybridized carbons (Fsp3) is 0.900. The molecule has 2 aliphatic rings. The average Bonchev–Trinajstić information content (AvgIpc) is 2.17. The number of piperidine rings is 1. The minimum atomic E-state index is -0.156. The highest BCUT2D eigenvalue weighted by atomic mass is 16.1. The minimum Gasteiger partial charge on any atom is -0.368 e. The highest BCUT2D eigenvalue weighted by Gasteiger charge is 2.37. The molecule has 2 rings (SSSR count). The van der Waals surface area contributed by atoms with Crippen molar-refractivity contribution >= 4 is 5.91 Å². The number of fused-ring (bicyclic) bond motifs is 1. The molecular weight excluding hydrogens is 164 g/mol. The van der Waals surface area contributed by atoms with Crippen molar-refractivity contribution in [2.45, 2.75) is 38.1 Å². The van der Waals surface area contributed by atoms with Gasteiger partial charge in [0, 0.05) is 0 Å². The summed E-state index contributed by atoms with van der Waals surface area (Å²) in [5.74, 6) is 1.13. The molecule has 3 N–H and O–H groups in total. The van der Waals surface area contributed by atoms with Crippen molar-refractivity contribution in [2.24, 2.45) is 17.6 Å². The van der Waals surface area contributed by atoms with Gasteiger partial charge in [-0.15, -0.1) is 0 Å². The maximum atomic E-state index is 11.2. The number of amides is 1. The van der Waals surface area contributed by atoms with Crippen LogP contribution in [0.25, 0.3) is 0 Å². The van der Waals surface area contributed by atoms with Gasteiger partial charge in [-0.25, -0.2) is 0 Å². The third kappa shape index (κ3) is 1.70. The fourth-order valence-corrected chi connectivity index (χ4v) is 2.92. The molecule has 3 unspecified atom stereocenters. The summed E-state index contributed by atoms with van der Waals surface area (Å²) >= 11 is 0. The first-order valence-corrected chi connectivity index (χ1v) is 5.32. The van der Waals surface area contributed by atoms with Crippen LogP contribution in [-0.2, 0) is 4.79 Å². The van der Waals surface area contributed by atoms with Crippen LogP contribution in [0.15, 0.2) is 0 Å². The molecule has 1 aliphatic heterocycles. The zero-order chi connectivity index (χ0) is 9.26. The maximum absolute atomic E-state index is 11.2. The van der Waals surface area contributed by atoms with Crippen molar-refractivity contribution in [1.82, 2.24) is 5.32 Å². The zero-order valence-electron chi connectivity index (χ0n) is 7.96. The molecule has 1 saturated carbocycles. The molecule has 1 aliphatic carbocycles. The van der Waals surface area contributed by atoms with E-state index in [1.165, 1.54) is 32.1 Å². The highest BCUT2D eigenvalue weighted by molar-refractivity contribution is 5.80. The summed E-state index contributed by atoms with van der Waals surface area (Å²) in [4.78, 5) is 11.2. The second-order valence-electron chi connectivity index (χ2n) is 4.33. The number of hydrogen-bond donors (Lipinski definition) is 2. The molecule has 0 radical (unpaired) electrons. The molecule has 0 aromatic heterocycles. The Hall–Kier alpha value is -0.570. The van der Waals surface area contributed by atoms with Crippen molar-refractivity contribution < 1.29 is 4.79 Å².